The summed E-state index contributed by atoms with van der Waals surface area (Å²) in [6.07, 6.45) is 3.40. The fourth-order valence-corrected chi connectivity index (χ4v) is 5.62. The molecule has 0 bridgehead atoms. The Morgan fingerprint density at radius 3 is 2.36 bits per heavy atom. The van der Waals surface area contributed by atoms with E-state index in [0.29, 0.717) is 18.7 Å². The number of benzene rings is 3. The fourth-order valence-electron chi connectivity index (χ4n) is 5.62. The minimum atomic E-state index is -0.607. The fraction of sp³-hybridized carbons (Fsp3) is 0.324. The van der Waals surface area contributed by atoms with Crippen LogP contribution in [-0.4, -0.2) is 64.8 Å². The van der Waals surface area contributed by atoms with E-state index in [1.165, 1.54) is 0 Å². The van der Waals surface area contributed by atoms with Gasteiger partial charge < -0.3 is 30.1 Å². The molecule has 0 unspecified atom stereocenters. The van der Waals surface area contributed by atoms with Crippen LogP contribution >= 0.6 is 0 Å². The number of hydrogen-bond acceptors (Lipinski definition) is 8. The van der Waals surface area contributed by atoms with Gasteiger partial charge in [0, 0.05) is 69.3 Å². The first-order valence-electron chi connectivity index (χ1n) is 15.1. The largest absolute Gasteiger partial charge is 0.392 e. The van der Waals surface area contributed by atoms with E-state index in [9.17, 15) is 9.90 Å². The lowest BCUT2D eigenvalue weighted by molar-refractivity contribution is -0.253. The van der Waals surface area contributed by atoms with Crippen molar-refractivity contribution < 1.29 is 19.4 Å². The van der Waals surface area contributed by atoms with Crippen molar-refractivity contribution in [2.24, 2.45) is 0 Å². The lowest BCUT2D eigenvalue weighted by Crippen LogP contribution is -2.50. The molecule has 10 nitrogen and oxygen atoms in total. The van der Waals surface area contributed by atoms with E-state index >= 15 is 0 Å². The molecule has 3 atom stereocenters. The Morgan fingerprint density at radius 2 is 1.61 bits per heavy atom. The van der Waals surface area contributed by atoms with Crippen LogP contribution in [0.2, 0.25) is 0 Å². The molecule has 3 N–H and O–H groups in total. The molecule has 2 saturated heterocycles. The first kappa shape index (κ1) is 29.7. The number of piperazine rings is 1. The summed E-state index contributed by atoms with van der Waals surface area (Å²) in [7, 11) is 0. The zero-order valence-corrected chi connectivity index (χ0v) is 24.6. The van der Waals surface area contributed by atoms with E-state index in [2.05, 4.69) is 30.4 Å². The number of nitrogens with zero attached hydrogens (tertiary/aromatic N) is 4. The molecular formula is C34H38N6O4. The van der Waals surface area contributed by atoms with E-state index in [-0.39, 0.29) is 24.8 Å². The van der Waals surface area contributed by atoms with E-state index < -0.39 is 6.29 Å². The average Bonchev–Trinajstić information content (AvgIpc) is 3.08. The van der Waals surface area contributed by atoms with Gasteiger partial charge >= 0.3 is 6.03 Å². The molecule has 0 radical (unpaired) electrons. The average molecular weight is 595 g/mol. The number of aliphatic hydroxyl groups is 1. The summed E-state index contributed by atoms with van der Waals surface area (Å²) in [5.41, 5.74) is 4.42. The number of carbonyl (C=O) groups excluding carboxylic acids is 1. The molecule has 228 valence electrons. The van der Waals surface area contributed by atoms with Gasteiger partial charge in [0.1, 0.15) is 0 Å². The normalized spacial score (nSPS) is 20.7. The molecule has 4 aromatic rings. The van der Waals surface area contributed by atoms with Gasteiger partial charge in [0.05, 0.1) is 18.8 Å². The third kappa shape index (κ3) is 7.78. The number of nitrogens with one attached hydrogen (secondary N) is 2. The smallest absolute Gasteiger partial charge is 0.319 e. The lowest BCUT2D eigenvalue weighted by atomic mass is 9.99. The van der Waals surface area contributed by atoms with Crippen LogP contribution < -0.4 is 15.5 Å². The van der Waals surface area contributed by atoms with E-state index in [0.717, 1.165) is 60.9 Å². The maximum atomic E-state index is 12.6. The Hall–Kier alpha value is -4.35. The highest BCUT2D eigenvalue weighted by Gasteiger charge is 2.34. The second-order valence-electron chi connectivity index (χ2n) is 11.1. The topological polar surface area (TPSA) is 112 Å². The maximum Gasteiger partial charge on any atom is 0.319 e. The Kier molecular flexibility index (Phi) is 9.73. The number of rotatable bonds is 9. The van der Waals surface area contributed by atoms with Gasteiger partial charge in [-0.25, -0.2) is 14.8 Å². The minimum Gasteiger partial charge on any atom is -0.392 e. The molecule has 3 heterocycles. The first-order valence-corrected chi connectivity index (χ1v) is 15.1. The van der Waals surface area contributed by atoms with Gasteiger partial charge in [-0.05, 0) is 34.9 Å². The summed E-state index contributed by atoms with van der Waals surface area (Å²) in [6, 6.07) is 26.9. The Labute approximate surface area is 257 Å². The number of hydrogen-bond donors (Lipinski definition) is 3. The molecule has 0 spiro atoms. The van der Waals surface area contributed by atoms with E-state index in [1.807, 2.05) is 84.9 Å². The third-order valence-electron chi connectivity index (χ3n) is 8.00. The van der Waals surface area contributed by atoms with E-state index in [1.54, 1.807) is 12.4 Å². The molecule has 2 aliphatic heterocycles. The van der Waals surface area contributed by atoms with Gasteiger partial charge in [0.15, 0.2) is 6.29 Å². The van der Waals surface area contributed by atoms with Crippen molar-refractivity contribution in [3.63, 3.8) is 0 Å². The number of urea groups is 1. The minimum absolute atomic E-state index is 0.00111. The second-order valence-corrected chi connectivity index (χ2v) is 11.1. The molecule has 0 aliphatic carbocycles. The van der Waals surface area contributed by atoms with Crippen LogP contribution in [-0.2, 0) is 22.6 Å². The second kappa shape index (κ2) is 14.4. The standard InChI is InChI=1S/C34H38N6O4/c41-24-26-10-12-27(13-11-26)31-21-30(23-39-16-18-40(19-17-39)33-35-14-5-15-36-33)43-32(44-31)28-8-4-9-29(20-28)38-34(42)37-22-25-6-2-1-3-7-25/h1-15,20,30-32,41H,16-19,21-24H2,(H2,37,38,42)/t30-,31+,32+/m0/s1. The van der Waals surface area contributed by atoms with Crippen molar-refractivity contribution in [1.29, 1.82) is 0 Å². The van der Waals surface area contributed by atoms with Gasteiger partial charge in [-0.1, -0.05) is 66.7 Å². The highest BCUT2D eigenvalue weighted by molar-refractivity contribution is 5.89. The zero-order chi connectivity index (χ0) is 30.1. The highest BCUT2D eigenvalue weighted by atomic mass is 16.7. The predicted octanol–water partition coefficient (Wildman–Crippen LogP) is 4.66. The Balaban J connectivity index is 1.13. The molecule has 0 saturated carbocycles. The van der Waals surface area contributed by atoms with Crippen LogP contribution in [0.5, 0.6) is 0 Å². The number of ether oxygens (including phenoxy) is 2. The number of aliphatic hydroxyl groups excluding tert-OH is 1. The molecule has 10 heteroatoms. The summed E-state index contributed by atoms with van der Waals surface area (Å²) < 4.78 is 13.1. The SMILES string of the molecule is O=C(NCc1ccccc1)Nc1cccc([C@@H]2O[C@H](CN3CCN(c4ncccn4)CC3)C[C@H](c3ccc(CO)cc3)O2)c1. The van der Waals surface area contributed by atoms with Crippen LogP contribution in [0.15, 0.2) is 97.3 Å². The van der Waals surface area contributed by atoms with Crippen LogP contribution in [0.1, 0.15) is 41.1 Å². The predicted molar refractivity (Wildman–Crippen MR) is 168 cm³/mol. The summed E-state index contributed by atoms with van der Waals surface area (Å²) in [5, 5.41) is 15.4. The number of amides is 2. The summed E-state index contributed by atoms with van der Waals surface area (Å²) in [5.74, 6) is 0.767. The highest BCUT2D eigenvalue weighted by Crippen LogP contribution is 2.38. The third-order valence-corrected chi connectivity index (χ3v) is 8.00. The van der Waals surface area contributed by atoms with Crippen LogP contribution in [0, 0.1) is 0 Å². The van der Waals surface area contributed by atoms with Gasteiger partial charge in [0.25, 0.3) is 0 Å². The van der Waals surface area contributed by atoms with Crippen molar-refractivity contribution in [1.82, 2.24) is 20.2 Å². The van der Waals surface area contributed by atoms with Crippen molar-refractivity contribution >= 4 is 17.7 Å². The van der Waals surface area contributed by atoms with E-state index in [4.69, 9.17) is 9.47 Å². The molecule has 2 amide bonds. The molecule has 3 aromatic carbocycles. The van der Waals surface area contributed by atoms with Gasteiger partial charge in [-0.15, -0.1) is 0 Å². The Bertz CT molecular complexity index is 1480. The number of carbonyl (C=O) groups is 1. The summed E-state index contributed by atoms with van der Waals surface area (Å²) in [4.78, 5) is 26.1. The monoisotopic (exact) mass is 594 g/mol. The lowest BCUT2D eigenvalue weighted by Gasteiger charge is -2.40. The zero-order valence-electron chi connectivity index (χ0n) is 24.6. The molecule has 1 aromatic heterocycles. The van der Waals surface area contributed by atoms with Crippen molar-refractivity contribution in [2.75, 3.05) is 42.9 Å². The first-order chi connectivity index (χ1) is 21.6. The van der Waals surface area contributed by atoms with Crippen LogP contribution in [0.4, 0.5) is 16.4 Å². The molecule has 6 rings (SSSR count). The maximum absolute atomic E-state index is 12.6. The van der Waals surface area contributed by atoms with Crippen LogP contribution in [0.25, 0.3) is 0 Å². The van der Waals surface area contributed by atoms with Gasteiger partial charge in [-0.2, -0.15) is 0 Å². The summed E-state index contributed by atoms with van der Waals surface area (Å²) >= 11 is 0. The number of anilines is 2. The van der Waals surface area contributed by atoms with Crippen molar-refractivity contribution in [3.8, 4) is 0 Å². The molecular weight excluding hydrogens is 556 g/mol. The van der Waals surface area contributed by atoms with Gasteiger partial charge in [-0.3, -0.25) is 4.90 Å². The van der Waals surface area contributed by atoms with Crippen LogP contribution in [0.3, 0.4) is 0 Å². The molecule has 2 fully saturated rings. The quantitative estimate of drug-likeness (QED) is 0.257. The van der Waals surface area contributed by atoms with Crippen molar-refractivity contribution in [2.45, 2.75) is 38.1 Å². The number of aromatic nitrogens is 2. The van der Waals surface area contributed by atoms with Gasteiger partial charge in [0.2, 0.25) is 5.95 Å². The van der Waals surface area contributed by atoms with Crippen molar-refractivity contribution in [3.05, 3.63) is 120 Å². The molecule has 2 aliphatic rings. The molecule has 44 heavy (non-hydrogen) atoms. The Morgan fingerprint density at radius 1 is 0.841 bits per heavy atom. The summed E-state index contributed by atoms with van der Waals surface area (Å²) in [6.45, 7) is 4.68.